The van der Waals surface area contributed by atoms with Gasteiger partial charge in [-0.05, 0) is 31.2 Å². The summed E-state index contributed by atoms with van der Waals surface area (Å²) in [5.41, 5.74) is 0.943. The lowest BCUT2D eigenvalue weighted by atomic mass is 10.1. The van der Waals surface area contributed by atoms with Crippen molar-refractivity contribution < 1.29 is 14.3 Å². The third-order valence-electron chi connectivity index (χ3n) is 3.12. The van der Waals surface area contributed by atoms with Crippen LogP contribution in [-0.2, 0) is 7.05 Å². The lowest BCUT2D eigenvalue weighted by Crippen LogP contribution is -2.25. The molecule has 2 rings (SSSR count). The van der Waals surface area contributed by atoms with E-state index in [1.54, 1.807) is 25.3 Å². The van der Waals surface area contributed by atoms with Gasteiger partial charge in [0.15, 0.2) is 17.3 Å². The molecule has 1 heterocycles. The van der Waals surface area contributed by atoms with Gasteiger partial charge in [0, 0.05) is 12.6 Å². The van der Waals surface area contributed by atoms with Crippen molar-refractivity contribution in [1.29, 1.82) is 0 Å². The number of ketones is 1. The highest BCUT2D eigenvalue weighted by molar-refractivity contribution is 5.94. The fraction of sp³-hybridized carbons (Fsp3) is 0.267. The van der Waals surface area contributed by atoms with E-state index >= 15 is 0 Å². The SMILES string of the molecule is COc1ccc(-c2cc(C(C)=O)c(=O)n(C)n2)cc1OC. The Kier molecular flexibility index (Phi) is 4.07. The summed E-state index contributed by atoms with van der Waals surface area (Å²) in [7, 11) is 4.60. The molecule has 0 N–H and O–H groups in total. The molecular weight excluding hydrogens is 272 g/mol. The van der Waals surface area contributed by atoms with Gasteiger partial charge in [-0.15, -0.1) is 0 Å². The Morgan fingerprint density at radius 3 is 2.38 bits per heavy atom. The average Bonchev–Trinajstić information content (AvgIpc) is 2.48. The van der Waals surface area contributed by atoms with Crippen molar-refractivity contribution in [2.45, 2.75) is 6.92 Å². The molecule has 2 aromatic rings. The Labute approximate surface area is 121 Å². The zero-order valence-electron chi connectivity index (χ0n) is 12.3. The smallest absolute Gasteiger partial charge is 0.277 e. The van der Waals surface area contributed by atoms with Gasteiger partial charge in [0.05, 0.1) is 25.5 Å². The molecule has 0 aliphatic heterocycles. The van der Waals surface area contributed by atoms with Crippen molar-refractivity contribution in [2.24, 2.45) is 7.05 Å². The Hall–Kier alpha value is -2.63. The van der Waals surface area contributed by atoms with E-state index in [1.165, 1.54) is 27.1 Å². The molecule has 6 nitrogen and oxygen atoms in total. The number of benzene rings is 1. The molecule has 0 saturated heterocycles. The Balaban J connectivity index is 2.62. The molecule has 21 heavy (non-hydrogen) atoms. The largest absolute Gasteiger partial charge is 0.493 e. The van der Waals surface area contributed by atoms with Gasteiger partial charge < -0.3 is 9.47 Å². The normalized spacial score (nSPS) is 10.3. The van der Waals surface area contributed by atoms with Crippen molar-refractivity contribution in [1.82, 2.24) is 9.78 Å². The van der Waals surface area contributed by atoms with Crippen LogP contribution in [0, 0.1) is 0 Å². The Morgan fingerprint density at radius 1 is 1.14 bits per heavy atom. The zero-order chi connectivity index (χ0) is 15.6. The summed E-state index contributed by atoms with van der Waals surface area (Å²) in [6.45, 7) is 1.36. The van der Waals surface area contributed by atoms with Gasteiger partial charge in [-0.25, -0.2) is 4.68 Å². The van der Waals surface area contributed by atoms with Gasteiger partial charge in [-0.1, -0.05) is 0 Å². The minimum Gasteiger partial charge on any atom is -0.493 e. The summed E-state index contributed by atoms with van der Waals surface area (Å²) < 4.78 is 11.6. The molecule has 0 radical (unpaired) electrons. The van der Waals surface area contributed by atoms with E-state index in [-0.39, 0.29) is 11.3 Å². The monoisotopic (exact) mass is 288 g/mol. The quantitative estimate of drug-likeness (QED) is 0.800. The number of hydrogen-bond donors (Lipinski definition) is 0. The van der Waals surface area contributed by atoms with Gasteiger partial charge in [0.25, 0.3) is 5.56 Å². The molecule has 0 aliphatic carbocycles. The predicted molar refractivity (Wildman–Crippen MR) is 78.0 cm³/mol. The second-order valence-electron chi connectivity index (χ2n) is 4.50. The highest BCUT2D eigenvalue weighted by Gasteiger charge is 2.13. The maximum absolute atomic E-state index is 11.9. The number of ether oxygens (including phenoxy) is 2. The van der Waals surface area contributed by atoms with Crippen molar-refractivity contribution in [3.05, 3.63) is 40.2 Å². The summed E-state index contributed by atoms with van der Waals surface area (Å²) in [4.78, 5) is 23.4. The van der Waals surface area contributed by atoms with Gasteiger partial charge in [-0.2, -0.15) is 5.10 Å². The van der Waals surface area contributed by atoms with Gasteiger partial charge >= 0.3 is 0 Å². The number of rotatable bonds is 4. The topological polar surface area (TPSA) is 70.4 Å². The molecule has 0 bridgehead atoms. The number of aryl methyl sites for hydroxylation is 1. The molecule has 1 aromatic carbocycles. The van der Waals surface area contributed by atoms with Crippen molar-refractivity contribution in [3.8, 4) is 22.8 Å². The highest BCUT2D eigenvalue weighted by atomic mass is 16.5. The van der Waals surface area contributed by atoms with Crippen LogP contribution in [0.3, 0.4) is 0 Å². The molecule has 1 aromatic heterocycles. The first-order chi connectivity index (χ1) is 9.97. The first kappa shape index (κ1) is 14.8. The second kappa shape index (κ2) is 5.78. The third kappa shape index (κ3) is 2.79. The summed E-state index contributed by atoms with van der Waals surface area (Å²) in [5, 5.41) is 4.17. The molecule has 0 fully saturated rings. The fourth-order valence-corrected chi connectivity index (χ4v) is 2.00. The van der Waals surface area contributed by atoms with Crippen LogP contribution >= 0.6 is 0 Å². The predicted octanol–water partition coefficient (Wildman–Crippen LogP) is 1.67. The lowest BCUT2D eigenvalue weighted by Gasteiger charge is -2.10. The van der Waals surface area contributed by atoms with E-state index in [0.717, 1.165) is 10.2 Å². The number of carbonyl (C=O) groups excluding carboxylic acids is 1. The molecular formula is C15H16N2O4. The first-order valence-electron chi connectivity index (χ1n) is 6.29. The molecule has 110 valence electrons. The fourth-order valence-electron chi connectivity index (χ4n) is 2.00. The van der Waals surface area contributed by atoms with E-state index in [9.17, 15) is 9.59 Å². The number of nitrogens with zero attached hydrogens (tertiary/aromatic N) is 2. The molecule has 0 saturated carbocycles. The molecule has 0 amide bonds. The van der Waals surface area contributed by atoms with E-state index in [0.29, 0.717) is 17.2 Å². The van der Waals surface area contributed by atoms with E-state index in [1.807, 2.05) is 0 Å². The van der Waals surface area contributed by atoms with Crippen LogP contribution in [0.4, 0.5) is 0 Å². The van der Waals surface area contributed by atoms with Crippen LogP contribution in [0.1, 0.15) is 17.3 Å². The summed E-state index contributed by atoms with van der Waals surface area (Å²) in [6.07, 6.45) is 0. The van der Waals surface area contributed by atoms with Crippen LogP contribution in [0.25, 0.3) is 11.3 Å². The number of carbonyl (C=O) groups is 1. The van der Waals surface area contributed by atoms with Gasteiger partial charge in [0.1, 0.15) is 0 Å². The van der Waals surface area contributed by atoms with Crippen LogP contribution < -0.4 is 15.0 Å². The standard InChI is InChI=1S/C15H16N2O4/c1-9(18)11-8-12(16-17(2)15(11)19)10-5-6-13(20-3)14(7-10)21-4/h5-8H,1-4H3. The lowest BCUT2D eigenvalue weighted by molar-refractivity contribution is 0.101. The molecule has 0 unspecified atom stereocenters. The zero-order valence-corrected chi connectivity index (χ0v) is 12.3. The van der Waals surface area contributed by atoms with E-state index in [2.05, 4.69) is 5.10 Å². The minimum absolute atomic E-state index is 0.109. The molecule has 0 spiro atoms. The van der Waals surface area contributed by atoms with E-state index in [4.69, 9.17) is 9.47 Å². The summed E-state index contributed by atoms with van der Waals surface area (Å²) in [6, 6.07) is 6.77. The van der Waals surface area contributed by atoms with Crippen LogP contribution in [0.2, 0.25) is 0 Å². The molecule has 0 aliphatic rings. The average molecular weight is 288 g/mol. The number of aromatic nitrogens is 2. The molecule has 0 atom stereocenters. The minimum atomic E-state index is -0.410. The van der Waals surface area contributed by atoms with Crippen LogP contribution in [-0.4, -0.2) is 29.8 Å². The number of methoxy groups -OCH3 is 2. The van der Waals surface area contributed by atoms with Crippen molar-refractivity contribution in [2.75, 3.05) is 14.2 Å². The maximum Gasteiger partial charge on any atom is 0.277 e. The van der Waals surface area contributed by atoms with E-state index < -0.39 is 5.56 Å². The number of hydrogen-bond acceptors (Lipinski definition) is 5. The van der Waals surface area contributed by atoms with Crippen LogP contribution in [0.15, 0.2) is 29.1 Å². The van der Waals surface area contributed by atoms with Crippen LogP contribution in [0.5, 0.6) is 11.5 Å². The second-order valence-corrected chi connectivity index (χ2v) is 4.50. The van der Waals surface area contributed by atoms with Crippen molar-refractivity contribution >= 4 is 5.78 Å². The third-order valence-corrected chi connectivity index (χ3v) is 3.12. The summed E-state index contributed by atoms with van der Waals surface area (Å²) >= 11 is 0. The molecule has 6 heteroatoms. The Bertz CT molecular complexity index is 750. The highest BCUT2D eigenvalue weighted by Crippen LogP contribution is 2.31. The van der Waals surface area contributed by atoms with Gasteiger partial charge in [-0.3, -0.25) is 9.59 Å². The maximum atomic E-state index is 11.9. The Morgan fingerprint density at radius 2 is 1.81 bits per heavy atom. The van der Waals surface area contributed by atoms with Crippen molar-refractivity contribution in [3.63, 3.8) is 0 Å². The first-order valence-corrected chi connectivity index (χ1v) is 6.29. The number of Topliss-reactive ketones (excluding diaryl/α,β-unsaturated/α-hetero) is 1. The van der Waals surface area contributed by atoms with Gasteiger partial charge in [0.2, 0.25) is 0 Å². The summed E-state index contributed by atoms with van der Waals surface area (Å²) in [5.74, 6) is 0.854.